The van der Waals surface area contributed by atoms with Crippen LogP contribution >= 0.6 is 0 Å². The van der Waals surface area contributed by atoms with Crippen LogP contribution in [0.5, 0.6) is 0 Å². The Labute approximate surface area is 103 Å². The van der Waals surface area contributed by atoms with Gasteiger partial charge in [0.2, 0.25) is 0 Å². The first-order chi connectivity index (χ1) is 7.80. The highest BCUT2D eigenvalue weighted by Gasteiger charge is 2.22. The van der Waals surface area contributed by atoms with Crippen LogP contribution in [0.2, 0.25) is 0 Å². The second-order valence-electron chi connectivity index (χ2n) is 5.56. The van der Waals surface area contributed by atoms with Crippen molar-refractivity contribution in [1.82, 2.24) is 5.32 Å². The smallest absolute Gasteiger partial charge is 0.123 e. The molecule has 0 heterocycles. The lowest BCUT2D eigenvalue weighted by molar-refractivity contribution is 0.0609. The van der Waals surface area contributed by atoms with Gasteiger partial charge in [-0.3, -0.25) is 0 Å². The van der Waals surface area contributed by atoms with Crippen molar-refractivity contribution in [3.8, 4) is 0 Å². The zero-order valence-electron chi connectivity index (χ0n) is 11.0. The molecule has 1 aromatic rings. The zero-order valence-corrected chi connectivity index (χ0v) is 11.0. The molecule has 0 spiro atoms. The van der Waals surface area contributed by atoms with Crippen molar-refractivity contribution in [3.05, 3.63) is 35.6 Å². The highest BCUT2D eigenvalue weighted by atomic mass is 19.1. The maximum Gasteiger partial charge on any atom is 0.123 e. The number of rotatable bonds is 4. The van der Waals surface area contributed by atoms with Gasteiger partial charge in [-0.2, -0.15) is 0 Å². The third kappa shape index (κ3) is 4.44. The molecule has 0 bridgehead atoms. The Morgan fingerprint density at radius 1 is 1.24 bits per heavy atom. The van der Waals surface area contributed by atoms with E-state index in [4.69, 9.17) is 0 Å². The molecule has 0 amide bonds. The second-order valence-corrected chi connectivity index (χ2v) is 5.56. The van der Waals surface area contributed by atoms with E-state index in [2.05, 4.69) is 5.32 Å². The average molecular weight is 239 g/mol. The van der Waals surface area contributed by atoms with E-state index in [0.717, 1.165) is 5.56 Å². The van der Waals surface area contributed by atoms with E-state index in [0.29, 0.717) is 6.54 Å². The van der Waals surface area contributed by atoms with E-state index in [9.17, 15) is 9.50 Å². The molecule has 0 saturated heterocycles. The Bertz CT molecular complexity index is 342. The quantitative estimate of drug-likeness (QED) is 0.846. The van der Waals surface area contributed by atoms with Crippen molar-refractivity contribution < 1.29 is 9.50 Å². The van der Waals surface area contributed by atoms with Crippen LogP contribution in [0, 0.1) is 11.2 Å². The minimum absolute atomic E-state index is 0.104. The first-order valence-electron chi connectivity index (χ1n) is 5.97. The molecule has 2 nitrogen and oxygen atoms in total. The Morgan fingerprint density at radius 3 is 2.24 bits per heavy atom. The minimum Gasteiger partial charge on any atom is -0.391 e. The van der Waals surface area contributed by atoms with Gasteiger partial charge in [0, 0.05) is 12.6 Å². The first-order valence-corrected chi connectivity index (χ1v) is 5.97. The van der Waals surface area contributed by atoms with Gasteiger partial charge in [-0.05, 0) is 30.0 Å². The number of nitrogens with one attached hydrogen (secondary N) is 1. The molecule has 96 valence electrons. The fraction of sp³-hybridized carbons (Fsp3) is 0.571. The van der Waals surface area contributed by atoms with E-state index in [1.165, 1.54) is 12.1 Å². The minimum atomic E-state index is -0.398. The fourth-order valence-electron chi connectivity index (χ4n) is 1.46. The maximum atomic E-state index is 12.8. The monoisotopic (exact) mass is 239 g/mol. The maximum absolute atomic E-state index is 12.8. The summed E-state index contributed by atoms with van der Waals surface area (Å²) in [7, 11) is 0. The number of benzene rings is 1. The molecule has 0 aliphatic rings. The van der Waals surface area contributed by atoms with Crippen molar-refractivity contribution in [2.45, 2.75) is 39.8 Å². The SMILES string of the molecule is C[C@H](NCC(O)C(C)(C)C)c1ccc(F)cc1. The van der Waals surface area contributed by atoms with Gasteiger partial charge in [-0.15, -0.1) is 0 Å². The van der Waals surface area contributed by atoms with Crippen LogP contribution < -0.4 is 5.32 Å². The van der Waals surface area contributed by atoms with Crippen molar-refractivity contribution in [2.75, 3.05) is 6.54 Å². The summed E-state index contributed by atoms with van der Waals surface area (Å²) < 4.78 is 12.8. The predicted molar refractivity (Wildman–Crippen MR) is 68.3 cm³/mol. The average Bonchev–Trinajstić information content (AvgIpc) is 2.25. The van der Waals surface area contributed by atoms with Gasteiger partial charge in [0.25, 0.3) is 0 Å². The summed E-state index contributed by atoms with van der Waals surface area (Å²) >= 11 is 0. The van der Waals surface area contributed by atoms with Gasteiger partial charge in [0.15, 0.2) is 0 Å². The standard InChI is InChI=1S/C14H22FNO/c1-10(11-5-7-12(15)8-6-11)16-9-13(17)14(2,3)4/h5-8,10,13,16-17H,9H2,1-4H3/t10-,13?/m0/s1. The molecule has 2 N–H and O–H groups in total. The van der Waals surface area contributed by atoms with Crippen LogP contribution in [0.4, 0.5) is 4.39 Å². The molecular weight excluding hydrogens is 217 g/mol. The summed E-state index contributed by atoms with van der Waals surface area (Å²) in [6, 6.07) is 6.53. The van der Waals surface area contributed by atoms with Crippen LogP contribution in [0.3, 0.4) is 0 Å². The zero-order chi connectivity index (χ0) is 13.1. The first kappa shape index (κ1) is 14.1. The summed E-state index contributed by atoms with van der Waals surface area (Å²) in [4.78, 5) is 0. The largest absolute Gasteiger partial charge is 0.391 e. The lowest BCUT2D eigenvalue weighted by atomic mass is 9.89. The van der Waals surface area contributed by atoms with Crippen LogP contribution in [-0.4, -0.2) is 17.8 Å². The predicted octanol–water partition coefficient (Wildman–Crippen LogP) is 2.88. The number of hydrogen-bond donors (Lipinski definition) is 2. The van der Waals surface area contributed by atoms with E-state index >= 15 is 0 Å². The van der Waals surface area contributed by atoms with Crippen molar-refractivity contribution in [1.29, 1.82) is 0 Å². The topological polar surface area (TPSA) is 32.3 Å². The van der Waals surface area contributed by atoms with Gasteiger partial charge in [-0.25, -0.2) is 4.39 Å². The van der Waals surface area contributed by atoms with Crippen LogP contribution in [0.15, 0.2) is 24.3 Å². The van der Waals surface area contributed by atoms with Crippen molar-refractivity contribution in [2.24, 2.45) is 5.41 Å². The molecule has 0 aliphatic carbocycles. The molecule has 3 heteroatoms. The molecule has 0 fully saturated rings. The highest BCUT2D eigenvalue weighted by Crippen LogP contribution is 2.19. The molecule has 0 aliphatic heterocycles. The summed E-state index contributed by atoms with van der Waals surface area (Å²) in [5.41, 5.74) is 0.891. The normalized spacial score (nSPS) is 15.6. The Kier molecular flexibility index (Phi) is 4.66. The van der Waals surface area contributed by atoms with Gasteiger partial charge < -0.3 is 10.4 Å². The second kappa shape index (κ2) is 5.61. The van der Waals surface area contributed by atoms with E-state index in [-0.39, 0.29) is 17.3 Å². The summed E-state index contributed by atoms with van der Waals surface area (Å²) in [5.74, 6) is -0.226. The van der Waals surface area contributed by atoms with Crippen molar-refractivity contribution >= 4 is 0 Å². The molecule has 0 saturated carbocycles. The summed E-state index contributed by atoms with van der Waals surface area (Å²) in [6.07, 6.45) is -0.398. The molecule has 17 heavy (non-hydrogen) atoms. The van der Waals surface area contributed by atoms with Gasteiger partial charge >= 0.3 is 0 Å². The van der Waals surface area contributed by atoms with E-state index < -0.39 is 6.10 Å². The lowest BCUT2D eigenvalue weighted by Crippen LogP contribution is -2.37. The molecule has 2 atom stereocenters. The lowest BCUT2D eigenvalue weighted by Gasteiger charge is -2.27. The molecule has 0 aromatic heterocycles. The van der Waals surface area contributed by atoms with Gasteiger partial charge in [-0.1, -0.05) is 32.9 Å². The number of halogens is 1. The number of aliphatic hydroxyl groups is 1. The fourth-order valence-corrected chi connectivity index (χ4v) is 1.46. The number of aliphatic hydroxyl groups excluding tert-OH is 1. The molecule has 1 unspecified atom stereocenters. The van der Waals surface area contributed by atoms with E-state index in [1.807, 2.05) is 27.7 Å². The summed E-state index contributed by atoms with van der Waals surface area (Å²) in [6.45, 7) is 8.54. The van der Waals surface area contributed by atoms with Crippen LogP contribution in [0.1, 0.15) is 39.3 Å². The summed E-state index contributed by atoms with van der Waals surface area (Å²) in [5, 5.41) is 13.2. The van der Waals surface area contributed by atoms with Crippen LogP contribution in [0.25, 0.3) is 0 Å². The molecular formula is C14H22FNO. The van der Waals surface area contributed by atoms with Crippen LogP contribution in [-0.2, 0) is 0 Å². The number of hydrogen-bond acceptors (Lipinski definition) is 2. The van der Waals surface area contributed by atoms with E-state index in [1.54, 1.807) is 12.1 Å². The van der Waals surface area contributed by atoms with Gasteiger partial charge in [0.1, 0.15) is 5.82 Å². The Morgan fingerprint density at radius 2 is 1.76 bits per heavy atom. The molecule has 1 rings (SSSR count). The molecule has 0 radical (unpaired) electrons. The Balaban J connectivity index is 2.50. The Hall–Kier alpha value is -0.930. The highest BCUT2D eigenvalue weighted by molar-refractivity contribution is 5.19. The van der Waals surface area contributed by atoms with Gasteiger partial charge in [0.05, 0.1) is 6.10 Å². The molecule has 1 aromatic carbocycles. The van der Waals surface area contributed by atoms with Crippen molar-refractivity contribution in [3.63, 3.8) is 0 Å². The third-order valence-corrected chi connectivity index (χ3v) is 2.99. The third-order valence-electron chi connectivity index (χ3n) is 2.99.